The number of piperazine rings is 2. The van der Waals surface area contributed by atoms with Gasteiger partial charge in [-0.2, -0.15) is 0 Å². The molecular formula is C21H20FN3O4. The van der Waals surface area contributed by atoms with Gasteiger partial charge in [-0.05, 0) is 35.9 Å². The first kappa shape index (κ1) is 18.9. The topological polar surface area (TPSA) is 89.9 Å². The molecule has 0 spiro atoms. The highest BCUT2D eigenvalue weighted by molar-refractivity contribution is 5.99. The lowest BCUT2D eigenvalue weighted by atomic mass is 9.98. The number of carbonyl (C=O) groups excluding carboxylic acids is 3. The number of phenols is 1. The Morgan fingerprint density at radius 3 is 2.62 bits per heavy atom. The van der Waals surface area contributed by atoms with Gasteiger partial charge in [0.1, 0.15) is 23.7 Å². The summed E-state index contributed by atoms with van der Waals surface area (Å²) >= 11 is 0. The Kier molecular flexibility index (Phi) is 4.92. The highest BCUT2D eigenvalue weighted by atomic mass is 19.1. The van der Waals surface area contributed by atoms with Gasteiger partial charge in [0.15, 0.2) is 0 Å². The minimum atomic E-state index is -0.759. The Bertz CT molecular complexity index is 963. The van der Waals surface area contributed by atoms with Crippen molar-refractivity contribution in [2.24, 2.45) is 0 Å². The lowest BCUT2D eigenvalue weighted by Gasteiger charge is -2.45. The smallest absolute Gasteiger partial charge is 0.254 e. The predicted octanol–water partition coefficient (Wildman–Crippen LogP) is 0.925. The van der Waals surface area contributed by atoms with Crippen LogP contribution < -0.4 is 5.32 Å². The second kappa shape index (κ2) is 7.54. The number of hydrogen-bond donors (Lipinski definition) is 2. The summed E-state index contributed by atoms with van der Waals surface area (Å²) in [5.74, 6) is -1.25. The van der Waals surface area contributed by atoms with E-state index in [4.69, 9.17) is 0 Å². The summed E-state index contributed by atoms with van der Waals surface area (Å²) in [6, 6.07) is 10.4. The van der Waals surface area contributed by atoms with Crippen LogP contribution in [0.15, 0.2) is 48.5 Å². The number of nitrogens with zero attached hydrogens (tertiary/aromatic N) is 2. The van der Waals surface area contributed by atoms with E-state index in [0.717, 1.165) is 11.6 Å². The molecule has 2 aliphatic heterocycles. The van der Waals surface area contributed by atoms with Gasteiger partial charge in [-0.3, -0.25) is 14.4 Å². The van der Waals surface area contributed by atoms with E-state index >= 15 is 0 Å². The van der Waals surface area contributed by atoms with E-state index in [1.807, 2.05) is 0 Å². The maximum Gasteiger partial charge on any atom is 0.254 e. The van der Waals surface area contributed by atoms with Crippen molar-refractivity contribution in [1.29, 1.82) is 0 Å². The fraction of sp³-hybridized carbons (Fsp3) is 0.286. The van der Waals surface area contributed by atoms with Gasteiger partial charge < -0.3 is 20.2 Å². The second-order valence-corrected chi connectivity index (χ2v) is 7.24. The van der Waals surface area contributed by atoms with Crippen LogP contribution in [0, 0.1) is 5.82 Å². The van der Waals surface area contributed by atoms with Crippen molar-refractivity contribution in [3.63, 3.8) is 0 Å². The largest absolute Gasteiger partial charge is 0.508 e. The highest BCUT2D eigenvalue weighted by Crippen LogP contribution is 2.21. The highest BCUT2D eigenvalue weighted by Gasteiger charge is 2.44. The Morgan fingerprint density at radius 2 is 1.90 bits per heavy atom. The predicted molar refractivity (Wildman–Crippen MR) is 102 cm³/mol. The number of phenolic OH excluding ortho intramolecular Hbond substituents is 1. The first-order chi connectivity index (χ1) is 13.9. The Labute approximate surface area is 166 Å². The van der Waals surface area contributed by atoms with E-state index < -0.39 is 17.9 Å². The van der Waals surface area contributed by atoms with E-state index in [1.54, 1.807) is 12.1 Å². The molecule has 2 fully saturated rings. The van der Waals surface area contributed by atoms with Crippen molar-refractivity contribution in [2.75, 3.05) is 19.6 Å². The van der Waals surface area contributed by atoms with Gasteiger partial charge in [0, 0.05) is 25.1 Å². The maximum atomic E-state index is 13.4. The van der Waals surface area contributed by atoms with Gasteiger partial charge in [-0.25, -0.2) is 4.39 Å². The lowest BCUT2D eigenvalue weighted by Crippen LogP contribution is -2.70. The summed E-state index contributed by atoms with van der Waals surface area (Å²) in [6.07, 6.45) is 0.319. The zero-order valence-corrected chi connectivity index (χ0v) is 15.5. The van der Waals surface area contributed by atoms with Crippen molar-refractivity contribution >= 4 is 17.7 Å². The minimum Gasteiger partial charge on any atom is -0.508 e. The first-order valence-corrected chi connectivity index (χ1v) is 9.36. The van der Waals surface area contributed by atoms with Crippen LogP contribution in [-0.2, 0) is 16.0 Å². The quantitative estimate of drug-likeness (QED) is 0.806. The third-order valence-electron chi connectivity index (χ3n) is 5.32. The van der Waals surface area contributed by atoms with E-state index in [0.29, 0.717) is 6.42 Å². The normalized spacial score (nSPS) is 21.6. The van der Waals surface area contributed by atoms with Crippen LogP contribution in [0.2, 0.25) is 0 Å². The molecule has 2 heterocycles. The minimum absolute atomic E-state index is 0.0683. The van der Waals surface area contributed by atoms with Crippen molar-refractivity contribution in [1.82, 2.24) is 15.1 Å². The van der Waals surface area contributed by atoms with Crippen molar-refractivity contribution in [3.05, 3.63) is 65.5 Å². The molecule has 0 radical (unpaired) electrons. The summed E-state index contributed by atoms with van der Waals surface area (Å²) in [7, 11) is 0. The number of carbonyl (C=O) groups is 3. The average molecular weight is 397 g/mol. The molecule has 0 aliphatic carbocycles. The zero-order valence-electron chi connectivity index (χ0n) is 15.5. The molecule has 3 amide bonds. The van der Waals surface area contributed by atoms with Gasteiger partial charge in [-0.15, -0.1) is 0 Å². The van der Waals surface area contributed by atoms with E-state index in [9.17, 15) is 23.9 Å². The summed E-state index contributed by atoms with van der Waals surface area (Å²) in [6.45, 7) is 0.583. The third-order valence-corrected chi connectivity index (χ3v) is 5.32. The van der Waals surface area contributed by atoms with Crippen LogP contribution >= 0.6 is 0 Å². The molecule has 2 atom stereocenters. The van der Waals surface area contributed by atoms with Crippen molar-refractivity contribution in [2.45, 2.75) is 18.5 Å². The molecule has 2 aliphatic rings. The van der Waals surface area contributed by atoms with Gasteiger partial charge in [0.2, 0.25) is 11.8 Å². The molecule has 0 aromatic heterocycles. The van der Waals surface area contributed by atoms with Crippen molar-refractivity contribution < 1.29 is 23.9 Å². The summed E-state index contributed by atoms with van der Waals surface area (Å²) < 4.78 is 13.4. The molecule has 7 nitrogen and oxygen atoms in total. The first-order valence-electron chi connectivity index (χ1n) is 9.36. The van der Waals surface area contributed by atoms with Crippen LogP contribution in [0.4, 0.5) is 4.39 Å². The van der Waals surface area contributed by atoms with Crippen LogP contribution in [0.1, 0.15) is 15.9 Å². The van der Waals surface area contributed by atoms with Gasteiger partial charge in [0.25, 0.3) is 5.91 Å². The molecule has 8 heteroatoms. The van der Waals surface area contributed by atoms with E-state index in [2.05, 4.69) is 5.32 Å². The average Bonchev–Trinajstić information content (AvgIpc) is 2.72. The number of nitrogens with one attached hydrogen (secondary N) is 1. The number of rotatable bonds is 3. The molecule has 2 aromatic rings. The maximum absolute atomic E-state index is 13.4. The molecule has 0 unspecified atom stereocenters. The number of hydrogen-bond acceptors (Lipinski definition) is 4. The van der Waals surface area contributed by atoms with Gasteiger partial charge in [0.05, 0.1) is 6.54 Å². The zero-order chi connectivity index (χ0) is 20.5. The second-order valence-electron chi connectivity index (χ2n) is 7.24. The standard InChI is InChI=1S/C21H20FN3O4/c22-15-3-1-2-14(11-15)20(28)24-8-9-25-18(12-24)19(27)23-17(21(25)29)10-13-4-6-16(26)7-5-13/h1-7,11,17-18,26H,8-10,12H2,(H,23,27)/t17-,18+/m0/s1. The fourth-order valence-corrected chi connectivity index (χ4v) is 3.80. The molecule has 0 saturated carbocycles. The van der Waals surface area contributed by atoms with Crippen LogP contribution in [0.5, 0.6) is 5.75 Å². The summed E-state index contributed by atoms with van der Waals surface area (Å²) in [5.41, 5.74) is 1.03. The number of fused-ring (bicyclic) bond motifs is 1. The van der Waals surface area contributed by atoms with E-state index in [1.165, 1.54) is 40.1 Å². The number of halogens is 1. The Balaban J connectivity index is 1.46. The van der Waals surface area contributed by atoms with Crippen LogP contribution in [0.3, 0.4) is 0 Å². The van der Waals surface area contributed by atoms with Crippen molar-refractivity contribution in [3.8, 4) is 5.75 Å². The SMILES string of the molecule is O=C1N[C@@H](Cc2ccc(O)cc2)C(=O)N2CCN(C(=O)c3cccc(F)c3)C[C@H]12. The monoisotopic (exact) mass is 397 g/mol. The molecule has 0 bridgehead atoms. The molecule has 150 valence electrons. The fourth-order valence-electron chi connectivity index (χ4n) is 3.80. The third kappa shape index (κ3) is 3.78. The molecule has 2 N–H and O–H groups in total. The van der Waals surface area contributed by atoms with E-state index in [-0.39, 0.29) is 48.7 Å². The van der Waals surface area contributed by atoms with Crippen LogP contribution in [-0.4, -0.2) is 64.3 Å². The summed E-state index contributed by atoms with van der Waals surface area (Å²) in [4.78, 5) is 41.2. The van der Waals surface area contributed by atoms with Crippen LogP contribution in [0.25, 0.3) is 0 Å². The van der Waals surface area contributed by atoms with Gasteiger partial charge in [-0.1, -0.05) is 18.2 Å². The molecule has 4 rings (SSSR count). The molecule has 2 saturated heterocycles. The lowest BCUT2D eigenvalue weighted by molar-refractivity contribution is -0.152. The summed E-state index contributed by atoms with van der Waals surface area (Å²) in [5, 5.41) is 12.1. The Hall–Kier alpha value is -3.42. The number of amides is 3. The Morgan fingerprint density at radius 1 is 1.14 bits per heavy atom. The molecular weight excluding hydrogens is 377 g/mol. The number of aromatic hydroxyl groups is 1. The number of benzene rings is 2. The van der Waals surface area contributed by atoms with Gasteiger partial charge >= 0.3 is 0 Å². The molecule has 29 heavy (non-hydrogen) atoms. The molecule has 2 aromatic carbocycles.